The van der Waals surface area contributed by atoms with E-state index in [-0.39, 0.29) is 5.41 Å². The molecule has 5 aliphatic carbocycles. The highest BCUT2D eigenvalue weighted by atomic mass is 16.4. The van der Waals surface area contributed by atoms with E-state index in [0.29, 0.717) is 22.7 Å². The molecule has 0 bridgehead atoms. The van der Waals surface area contributed by atoms with Crippen molar-refractivity contribution in [2.24, 2.45) is 45.8 Å². The fourth-order valence-corrected chi connectivity index (χ4v) is 9.74. The summed E-state index contributed by atoms with van der Waals surface area (Å²) < 4.78 is 0. The Morgan fingerprint density at radius 3 is 2.48 bits per heavy atom. The van der Waals surface area contributed by atoms with Gasteiger partial charge in [0.15, 0.2) is 0 Å². The monoisotopic (exact) mass is 426 g/mol. The van der Waals surface area contributed by atoms with Gasteiger partial charge < -0.3 is 5.11 Å². The van der Waals surface area contributed by atoms with Gasteiger partial charge in [-0.15, -0.1) is 0 Å². The predicted molar refractivity (Wildman–Crippen MR) is 129 cm³/mol. The SMILES string of the molecule is C/C=C/C1=CC[C@@]2(C)C(CC[C@@]3(C)C4CC[C@@]5(C(=O)O)CCC[C@@H]5[C@H]4CCC23)C1.CC. The van der Waals surface area contributed by atoms with Crippen LogP contribution in [-0.4, -0.2) is 11.1 Å². The van der Waals surface area contributed by atoms with Gasteiger partial charge in [0, 0.05) is 0 Å². The molecule has 3 unspecified atom stereocenters. The minimum absolute atomic E-state index is 0.375. The van der Waals surface area contributed by atoms with E-state index in [4.69, 9.17) is 0 Å². The molecule has 0 heterocycles. The number of carboxylic acid groups (broad SMARTS) is 1. The Morgan fingerprint density at radius 1 is 1.00 bits per heavy atom. The van der Waals surface area contributed by atoms with E-state index in [1.165, 1.54) is 51.4 Å². The van der Waals surface area contributed by atoms with Crippen molar-refractivity contribution in [1.82, 2.24) is 0 Å². The quantitative estimate of drug-likeness (QED) is 0.485. The van der Waals surface area contributed by atoms with Crippen LogP contribution in [0.15, 0.2) is 23.8 Å². The molecule has 174 valence electrons. The van der Waals surface area contributed by atoms with Crippen LogP contribution in [0.25, 0.3) is 0 Å². The Bertz CT molecular complexity index is 750. The molecule has 0 radical (unpaired) electrons. The Labute approximate surface area is 191 Å². The summed E-state index contributed by atoms with van der Waals surface area (Å²) in [6, 6.07) is 0. The zero-order valence-electron chi connectivity index (χ0n) is 20.8. The van der Waals surface area contributed by atoms with Crippen LogP contribution in [0.2, 0.25) is 0 Å². The Balaban J connectivity index is 0.00000112. The van der Waals surface area contributed by atoms with Crippen molar-refractivity contribution >= 4 is 5.97 Å². The first-order valence-electron chi connectivity index (χ1n) is 13.4. The van der Waals surface area contributed by atoms with E-state index < -0.39 is 5.97 Å². The molecule has 1 N–H and O–H groups in total. The van der Waals surface area contributed by atoms with Gasteiger partial charge in [0.05, 0.1) is 5.41 Å². The van der Waals surface area contributed by atoms with Crippen molar-refractivity contribution in [3.8, 4) is 0 Å². The standard InChI is InChI=1S/C27H40O2.C2H6/c1-4-6-18-10-14-25(2)19(17-18)11-15-26(3)21-12-16-27(24(28)29)13-5-7-22(27)20(21)8-9-23(25)26;1-2/h4,6,10,19-23H,5,7-9,11-17H2,1-3H3,(H,28,29);1-2H3/b6-4+;/t19?,20-,21?,22+,23?,25-,26-,27-;/m0./s1. The maximum Gasteiger partial charge on any atom is 0.309 e. The van der Waals surface area contributed by atoms with Gasteiger partial charge in [-0.05, 0) is 112 Å². The fraction of sp³-hybridized carbons (Fsp3) is 0.828. The molecule has 4 fully saturated rings. The van der Waals surface area contributed by atoms with Crippen molar-refractivity contribution in [2.75, 3.05) is 0 Å². The second-order valence-electron chi connectivity index (χ2n) is 11.8. The highest BCUT2D eigenvalue weighted by molar-refractivity contribution is 5.75. The van der Waals surface area contributed by atoms with Crippen LogP contribution in [-0.2, 0) is 4.79 Å². The summed E-state index contributed by atoms with van der Waals surface area (Å²) in [6.07, 6.45) is 20.3. The largest absolute Gasteiger partial charge is 0.481 e. The Kier molecular flexibility index (Phi) is 6.25. The van der Waals surface area contributed by atoms with E-state index in [2.05, 4.69) is 39.0 Å². The van der Waals surface area contributed by atoms with Crippen LogP contribution in [0.3, 0.4) is 0 Å². The second kappa shape index (κ2) is 8.38. The topological polar surface area (TPSA) is 37.3 Å². The minimum atomic E-state index is -0.477. The number of rotatable bonds is 2. The first-order valence-corrected chi connectivity index (χ1v) is 13.4. The van der Waals surface area contributed by atoms with E-state index in [1.54, 1.807) is 5.57 Å². The molecule has 31 heavy (non-hydrogen) atoms. The first-order chi connectivity index (χ1) is 14.8. The predicted octanol–water partition coefficient (Wildman–Crippen LogP) is 8.04. The molecule has 0 spiro atoms. The lowest BCUT2D eigenvalue weighted by atomic mass is 9.39. The van der Waals surface area contributed by atoms with Gasteiger partial charge in [-0.3, -0.25) is 4.79 Å². The van der Waals surface area contributed by atoms with Crippen LogP contribution in [0.5, 0.6) is 0 Å². The van der Waals surface area contributed by atoms with Crippen molar-refractivity contribution in [1.29, 1.82) is 0 Å². The molecule has 0 aromatic heterocycles. The van der Waals surface area contributed by atoms with E-state index in [0.717, 1.165) is 37.0 Å². The first kappa shape index (κ1) is 23.1. The molecule has 2 heteroatoms. The summed E-state index contributed by atoms with van der Waals surface area (Å²) in [4.78, 5) is 12.3. The summed E-state index contributed by atoms with van der Waals surface area (Å²) in [6.45, 7) is 11.4. The average Bonchev–Trinajstić information content (AvgIpc) is 3.22. The molecule has 0 aromatic rings. The number of carbonyl (C=O) groups is 1. The van der Waals surface area contributed by atoms with Crippen molar-refractivity contribution < 1.29 is 9.90 Å². The number of aliphatic carboxylic acids is 1. The number of hydrogen-bond donors (Lipinski definition) is 1. The van der Waals surface area contributed by atoms with Crippen LogP contribution in [0.1, 0.15) is 105 Å². The van der Waals surface area contributed by atoms with Crippen molar-refractivity contribution in [3.63, 3.8) is 0 Å². The van der Waals surface area contributed by atoms with Crippen molar-refractivity contribution in [3.05, 3.63) is 23.8 Å². The third-order valence-electron chi connectivity index (χ3n) is 11.1. The maximum absolute atomic E-state index is 12.3. The number of carboxylic acids is 1. The lowest BCUT2D eigenvalue weighted by molar-refractivity contribution is -0.181. The van der Waals surface area contributed by atoms with Crippen LogP contribution >= 0.6 is 0 Å². The number of hydrogen-bond acceptors (Lipinski definition) is 1. The Morgan fingerprint density at radius 2 is 1.77 bits per heavy atom. The third-order valence-corrected chi connectivity index (χ3v) is 11.1. The molecule has 4 saturated carbocycles. The van der Waals surface area contributed by atoms with Gasteiger partial charge in [-0.2, -0.15) is 0 Å². The Hall–Kier alpha value is -1.05. The van der Waals surface area contributed by atoms with Crippen molar-refractivity contribution in [2.45, 2.75) is 105 Å². The van der Waals surface area contributed by atoms with Gasteiger partial charge in [0.25, 0.3) is 0 Å². The molecule has 8 atom stereocenters. The fourth-order valence-electron chi connectivity index (χ4n) is 9.74. The molecule has 5 rings (SSSR count). The molecule has 2 nitrogen and oxygen atoms in total. The second-order valence-corrected chi connectivity index (χ2v) is 11.8. The summed E-state index contributed by atoms with van der Waals surface area (Å²) in [5.74, 6) is 3.06. The lowest BCUT2D eigenvalue weighted by Gasteiger charge is -2.66. The summed E-state index contributed by atoms with van der Waals surface area (Å²) in [7, 11) is 0. The summed E-state index contributed by atoms with van der Waals surface area (Å²) in [5.41, 5.74) is 2.05. The minimum Gasteiger partial charge on any atom is -0.481 e. The normalized spacial score (nSPS) is 48.4. The van der Waals surface area contributed by atoms with Gasteiger partial charge in [-0.25, -0.2) is 0 Å². The molecule has 0 saturated heterocycles. The molecule has 0 amide bonds. The maximum atomic E-state index is 12.3. The highest BCUT2D eigenvalue weighted by Crippen LogP contribution is 2.71. The molecule has 0 aliphatic heterocycles. The van der Waals surface area contributed by atoms with Crippen LogP contribution in [0, 0.1) is 45.8 Å². The molecule has 0 aromatic carbocycles. The third kappa shape index (κ3) is 3.29. The van der Waals surface area contributed by atoms with Gasteiger partial charge in [0.1, 0.15) is 0 Å². The van der Waals surface area contributed by atoms with E-state index in [1.807, 2.05) is 13.8 Å². The average molecular weight is 427 g/mol. The molecule has 5 aliphatic rings. The molecular formula is C29H46O2. The highest BCUT2D eigenvalue weighted by Gasteiger charge is 2.64. The number of allylic oxidation sites excluding steroid dienone is 4. The van der Waals surface area contributed by atoms with Gasteiger partial charge >= 0.3 is 5.97 Å². The number of fused-ring (bicyclic) bond motifs is 7. The van der Waals surface area contributed by atoms with Crippen LogP contribution < -0.4 is 0 Å². The summed E-state index contributed by atoms with van der Waals surface area (Å²) >= 11 is 0. The zero-order valence-corrected chi connectivity index (χ0v) is 20.8. The molecular weight excluding hydrogens is 380 g/mol. The van der Waals surface area contributed by atoms with E-state index in [9.17, 15) is 9.90 Å². The van der Waals surface area contributed by atoms with Crippen LogP contribution in [0.4, 0.5) is 0 Å². The van der Waals surface area contributed by atoms with Gasteiger partial charge in [-0.1, -0.05) is 57.9 Å². The van der Waals surface area contributed by atoms with Gasteiger partial charge in [0.2, 0.25) is 0 Å². The lowest BCUT2D eigenvalue weighted by Crippen LogP contribution is -2.59. The smallest absolute Gasteiger partial charge is 0.309 e. The summed E-state index contributed by atoms with van der Waals surface area (Å²) in [5, 5.41) is 10.1. The van der Waals surface area contributed by atoms with E-state index >= 15 is 0 Å². The zero-order chi connectivity index (χ0) is 22.4.